The number of nitrogens with zero attached hydrogens (tertiary/aromatic N) is 3. The Kier molecular flexibility index (Phi) is 7.62. The van der Waals surface area contributed by atoms with E-state index in [-0.39, 0.29) is 5.91 Å². The summed E-state index contributed by atoms with van der Waals surface area (Å²) in [5, 5.41) is 7.67. The van der Waals surface area contributed by atoms with Gasteiger partial charge < -0.3 is 15.8 Å². The number of nitrogens with one attached hydrogen (secondary N) is 1. The highest BCUT2D eigenvalue weighted by atomic mass is 35.5. The van der Waals surface area contributed by atoms with Gasteiger partial charge in [-0.3, -0.25) is 14.3 Å². The number of carbonyl (C=O) groups is 2. The average Bonchev–Trinajstić information content (AvgIpc) is 3.04. The highest BCUT2D eigenvalue weighted by Crippen LogP contribution is 2.23. The van der Waals surface area contributed by atoms with Crippen LogP contribution in [0.2, 0.25) is 5.15 Å². The maximum absolute atomic E-state index is 12.3. The van der Waals surface area contributed by atoms with Crippen LogP contribution in [0.1, 0.15) is 41.4 Å². The number of primary amides is 1. The highest BCUT2D eigenvalue weighted by Gasteiger charge is 2.11. The lowest BCUT2D eigenvalue weighted by Gasteiger charge is -2.07. The minimum absolute atomic E-state index is 0.307. The number of unbranched alkanes of at least 4 members (excludes halogenated alkanes) is 1. The van der Waals surface area contributed by atoms with Crippen molar-refractivity contribution in [2.75, 3.05) is 5.32 Å². The summed E-state index contributed by atoms with van der Waals surface area (Å²) in [6.07, 6.45) is 6.55. The molecular formula is C23H24ClN5O3. The van der Waals surface area contributed by atoms with Gasteiger partial charge in [0.15, 0.2) is 0 Å². The van der Waals surface area contributed by atoms with Crippen LogP contribution in [0, 0.1) is 6.92 Å². The van der Waals surface area contributed by atoms with Crippen LogP contribution in [0.25, 0.3) is 6.08 Å². The summed E-state index contributed by atoms with van der Waals surface area (Å²) in [5.41, 5.74) is 7.59. The van der Waals surface area contributed by atoms with Gasteiger partial charge in [0.1, 0.15) is 10.9 Å². The largest absolute Gasteiger partial charge is 0.439 e. The lowest BCUT2D eigenvalue weighted by molar-refractivity contribution is -0.111. The summed E-state index contributed by atoms with van der Waals surface area (Å²) in [6, 6.07) is 9.74. The second kappa shape index (κ2) is 10.6. The zero-order valence-electron chi connectivity index (χ0n) is 17.8. The van der Waals surface area contributed by atoms with E-state index in [4.69, 9.17) is 22.1 Å². The van der Waals surface area contributed by atoms with Crippen LogP contribution in [-0.4, -0.2) is 26.6 Å². The number of benzene rings is 1. The molecule has 2 heterocycles. The van der Waals surface area contributed by atoms with E-state index in [0.29, 0.717) is 28.0 Å². The van der Waals surface area contributed by atoms with Crippen LogP contribution in [0.3, 0.4) is 0 Å². The summed E-state index contributed by atoms with van der Waals surface area (Å²) in [7, 11) is 0. The molecule has 1 aromatic carbocycles. The van der Waals surface area contributed by atoms with Crippen molar-refractivity contribution in [3.63, 3.8) is 0 Å². The first-order valence-electron chi connectivity index (χ1n) is 10.1. The van der Waals surface area contributed by atoms with E-state index < -0.39 is 5.91 Å². The van der Waals surface area contributed by atoms with Crippen molar-refractivity contribution in [1.29, 1.82) is 0 Å². The number of anilines is 1. The summed E-state index contributed by atoms with van der Waals surface area (Å²) in [4.78, 5) is 27.7. The Morgan fingerprint density at radius 3 is 2.78 bits per heavy atom. The Balaban J connectivity index is 1.61. The van der Waals surface area contributed by atoms with E-state index in [1.807, 2.05) is 6.92 Å². The minimum atomic E-state index is -0.542. The van der Waals surface area contributed by atoms with Crippen molar-refractivity contribution in [1.82, 2.24) is 14.8 Å². The van der Waals surface area contributed by atoms with Crippen molar-refractivity contribution >= 4 is 35.2 Å². The summed E-state index contributed by atoms with van der Waals surface area (Å²) >= 11 is 6.39. The molecule has 0 radical (unpaired) electrons. The van der Waals surface area contributed by atoms with Gasteiger partial charge in [-0.1, -0.05) is 31.0 Å². The van der Waals surface area contributed by atoms with Crippen LogP contribution in [0.15, 0.2) is 48.7 Å². The van der Waals surface area contributed by atoms with Crippen molar-refractivity contribution in [3.05, 3.63) is 70.6 Å². The normalized spacial score (nSPS) is 11.0. The molecule has 3 N–H and O–H groups in total. The molecular weight excluding hydrogens is 430 g/mol. The fourth-order valence-electron chi connectivity index (χ4n) is 2.90. The Morgan fingerprint density at radius 1 is 1.28 bits per heavy atom. The molecule has 32 heavy (non-hydrogen) atoms. The Hall–Kier alpha value is -3.65. The van der Waals surface area contributed by atoms with Gasteiger partial charge in [0.2, 0.25) is 17.7 Å². The number of carbonyl (C=O) groups excluding carboxylic acids is 2. The number of aryl methyl sites for hydroxylation is 2. The van der Waals surface area contributed by atoms with E-state index in [2.05, 4.69) is 22.3 Å². The molecule has 2 amide bonds. The maximum atomic E-state index is 12.3. The van der Waals surface area contributed by atoms with Gasteiger partial charge in [-0.25, -0.2) is 4.98 Å². The van der Waals surface area contributed by atoms with Gasteiger partial charge >= 0.3 is 0 Å². The minimum Gasteiger partial charge on any atom is -0.439 e. The monoisotopic (exact) mass is 453 g/mol. The fraction of sp³-hybridized carbons (Fsp3) is 0.217. The standard InChI is InChI=1S/C23H24ClN5O3/c1-3-4-12-29-22(24)19(15(2)28-29)9-10-20(30)27-17-8-11-21(26-14-17)32-18-7-5-6-16(13-18)23(25)31/h5-11,13-14H,3-4,12H2,1-2H3,(H2,25,31)(H,27,30). The molecule has 0 unspecified atom stereocenters. The molecule has 3 rings (SSSR count). The predicted octanol–water partition coefficient (Wildman–Crippen LogP) is 4.58. The smallest absolute Gasteiger partial charge is 0.248 e. The average molecular weight is 454 g/mol. The van der Waals surface area contributed by atoms with Crippen molar-refractivity contribution in [2.24, 2.45) is 5.73 Å². The molecule has 0 spiro atoms. The molecule has 0 fully saturated rings. The molecule has 0 atom stereocenters. The van der Waals surface area contributed by atoms with Crippen LogP contribution < -0.4 is 15.8 Å². The summed E-state index contributed by atoms with van der Waals surface area (Å²) in [6.45, 7) is 4.70. The first-order chi connectivity index (χ1) is 15.4. The van der Waals surface area contributed by atoms with Crippen molar-refractivity contribution in [2.45, 2.75) is 33.2 Å². The number of halogens is 1. The van der Waals surface area contributed by atoms with Crippen LogP contribution in [-0.2, 0) is 11.3 Å². The molecule has 0 saturated heterocycles. The third-order valence-corrected chi connectivity index (χ3v) is 4.98. The SMILES string of the molecule is CCCCn1nc(C)c(C=CC(=O)Nc2ccc(Oc3cccc(C(N)=O)c3)nc2)c1Cl. The first-order valence-corrected chi connectivity index (χ1v) is 10.5. The quantitative estimate of drug-likeness (QED) is 0.460. The molecule has 0 bridgehead atoms. The molecule has 0 aliphatic heterocycles. The Morgan fingerprint density at radius 2 is 2.09 bits per heavy atom. The van der Waals surface area contributed by atoms with E-state index >= 15 is 0 Å². The lowest BCUT2D eigenvalue weighted by Crippen LogP contribution is -2.10. The van der Waals surface area contributed by atoms with E-state index in [9.17, 15) is 9.59 Å². The van der Waals surface area contributed by atoms with Gasteiger partial charge in [0.05, 0.1) is 17.6 Å². The topological polar surface area (TPSA) is 112 Å². The number of hydrogen-bond donors (Lipinski definition) is 2. The second-order valence-corrected chi connectivity index (χ2v) is 7.43. The summed E-state index contributed by atoms with van der Waals surface area (Å²) < 4.78 is 7.37. The van der Waals surface area contributed by atoms with Crippen LogP contribution in [0.4, 0.5) is 5.69 Å². The molecule has 2 aromatic heterocycles. The third kappa shape index (κ3) is 5.95. The number of ether oxygens (including phenoxy) is 1. The van der Waals surface area contributed by atoms with Gasteiger partial charge in [0, 0.05) is 29.8 Å². The molecule has 0 aliphatic rings. The van der Waals surface area contributed by atoms with E-state index in [1.165, 1.54) is 18.3 Å². The van der Waals surface area contributed by atoms with Gasteiger partial charge in [-0.15, -0.1) is 0 Å². The van der Waals surface area contributed by atoms with Crippen LogP contribution >= 0.6 is 11.6 Å². The molecule has 8 nitrogen and oxygen atoms in total. The van der Waals surface area contributed by atoms with Crippen molar-refractivity contribution in [3.8, 4) is 11.6 Å². The van der Waals surface area contributed by atoms with Crippen molar-refractivity contribution < 1.29 is 14.3 Å². The third-order valence-electron chi connectivity index (χ3n) is 4.58. The number of nitrogens with two attached hydrogens (primary N) is 1. The summed E-state index contributed by atoms with van der Waals surface area (Å²) in [5.74, 6) is -0.131. The van der Waals surface area contributed by atoms with Crippen LogP contribution in [0.5, 0.6) is 11.6 Å². The van der Waals surface area contributed by atoms with Gasteiger partial charge in [-0.05, 0) is 43.7 Å². The zero-order chi connectivity index (χ0) is 23.1. The number of amides is 2. The zero-order valence-corrected chi connectivity index (χ0v) is 18.6. The fourth-order valence-corrected chi connectivity index (χ4v) is 3.23. The first kappa shape index (κ1) is 23.0. The van der Waals surface area contributed by atoms with E-state index in [1.54, 1.807) is 41.1 Å². The second-order valence-electron chi connectivity index (χ2n) is 7.07. The van der Waals surface area contributed by atoms with E-state index in [0.717, 1.165) is 30.6 Å². The molecule has 3 aromatic rings. The number of rotatable bonds is 9. The number of hydrogen-bond acceptors (Lipinski definition) is 5. The Bertz CT molecular complexity index is 1140. The predicted molar refractivity (Wildman–Crippen MR) is 124 cm³/mol. The maximum Gasteiger partial charge on any atom is 0.248 e. The van der Waals surface area contributed by atoms with Gasteiger partial charge in [-0.2, -0.15) is 5.10 Å². The highest BCUT2D eigenvalue weighted by molar-refractivity contribution is 6.31. The molecule has 0 aliphatic carbocycles. The molecule has 166 valence electrons. The number of aromatic nitrogens is 3. The molecule has 9 heteroatoms. The number of pyridine rings is 1. The lowest BCUT2D eigenvalue weighted by atomic mass is 10.2. The molecule has 0 saturated carbocycles. The van der Waals surface area contributed by atoms with Gasteiger partial charge in [0.25, 0.3) is 0 Å². The Labute approximate surface area is 191 Å².